The molecule has 23 heavy (non-hydrogen) atoms. The van der Waals surface area contributed by atoms with Crippen LogP contribution in [0.1, 0.15) is 29.8 Å². The van der Waals surface area contributed by atoms with E-state index in [0.29, 0.717) is 23.7 Å². The van der Waals surface area contributed by atoms with E-state index in [1.165, 1.54) is 25.8 Å². The number of carbonyl (C=O) groups is 1. The molecule has 2 saturated heterocycles. The largest absolute Gasteiger partial charge is 0.381 e. The van der Waals surface area contributed by atoms with E-state index >= 15 is 0 Å². The summed E-state index contributed by atoms with van der Waals surface area (Å²) in [5.41, 5.74) is 1.68. The van der Waals surface area contributed by atoms with Crippen molar-refractivity contribution in [3.8, 4) is 0 Å². The minimum Gasteiger partial charge on any atom is -0.381 e. The fraction of sp³-hybridized carbons (Fsp3) is 0.529. The van der Waals surface area contributed by atoms with Crippen LogP contribution < -0.4 is 10.6 Å². The number of fused-ring (bicyclic) bond motifs is 3. The van der Waals surface area contributed by atoms with Crippen LogP contribution in [0.25, 0.3) is 10.1 Å². The summed E-state index contributed by atoms with van der Waals surface area (Å²) >= 11 is 1.68. The number of hydrogen-bond acceptors (Lipinski definition) is 5. The van der Waals surface area contributed by atoms with Crippen molar-refractivity contribution in [3.63, 3.8) is 0 Å². The lowest BCUT2D eigenvalue weighted by molar-refractivity contribution is 0.0919. The Balaban J connectivity index is 1.37. The predicted molar refractivity (Wildman–Crippen MR) is 92.1 cm³/mol. The average molecular weight is 328 g/mol. The zero-order valence-electron chi connectivity index (χ0n) is 12.9. The van der Waals surface area contributed by atoms with Crippen LogP contribution in [0.3, 0.4) is 0 Å². The number of rotatable bonds is 4. The van der Waals surface area contributed by atoms with Crippen LogP contribution in [0.5, 0.6) is 0 Å². The molecule has 1 saturated carbocycles. The molecule has 2 bridgehead atoms. The highest BCUT2D eigenvalue weighted by atomic mass is 32.1. The predicted octanol–water partition coefficient (Wildman–Crippen LogP) is 2.30. The number of thiophene rings is 1. The summed E-state index contributed by atoms with van der Waals surface area (Å²) in [5, 5.41) is 10.00. The van der Waals surface area contributed by atoms with Crippen LogP contribution in [-0.2, 0) is 0 Å². The van der Waals surface area contributed by atoms with Gasteiger partial charge in [-0.1, -0.05) is 0 Å². The van der Waals surface area contributed by atoms with Gasteiger partial charge in [0.2, 0.25) is 0 Å². The van der Waals surface area contributed by atoms with Gasteiger partial charge in [-0.05, 0) is 37.8 Å². The lowest BCUT2D eigenvalue weighted by Crippen LogP contribution is -2.43. The van der Waals surface area contributed by atoms with Crippen LogP contribution in [0, 0.1) is 5.92 Å². The van der Waals surface area contributed by atoms with E-state index in [0.717, 1.165) is 28.9 Å². The van der Waals surface area contributed by atoms with Gasteiger partial charge < -0.3 is 15.5 Å². The number of nitrogens with one attached hydrogen (secondary N) is 2. The molecule has 4 heterocycles. The first-order chi connectivity index (χ1) is 11.3. The summed E-state index contributed by atoms with van der Waals surface area (Å²) in [4.78, 5) is 19.4. The van der Waals surface area contributed by atoms with Gasteiger partial charge in [-0.3, -0.25) is 4.79 Å². The van der Waals surface area contributed by atoms with Crippen molar-refractivity contribution in [2.24, 2.45) is 5.92 Å². The van der Waals surface area contributed by atoms with Crippen LogP contribution in [0.15, 0.2) is 17.6 Å². The van der Waals surface area contributed by atoms with Gasteiger partial charge in [-0.15, -0.1) is 11.3 Å². The van der Waals surface area contributed by atoms with Crippen molar-refractivity contribution in [3.05, 3.63) is 23.3 Å². The Morgan fingerprint density at radius 3 is 2.96 bits per heavy atom. The van der Waals surface area contributed by atoms with Gasteiger partial charge in [0, 0.05) is 42.1 Å². The topological polar surface area (TPSA) is 57.3 Å². The summed E-state index contributed by atoms with van der Waals surface area (Å²) in [6, 6.07) is 2.85. The van der Waals surface area contributed by atoms with Crippen LogP contribution in [0.4, 0.5) is 5.69 Å². The third-order valence-corrected chi connectivity index (χ3v) is 6.21. The van der Waals surface area contributed by atoms with E-state index in [4.69, 9.17) is 0 Å². The third kappa shape index (κ3) is 2.50. The smallest absolute Gasteiger partial charge is 0.270 e. The molecule has 5 nitrogen and oxygen atoms in total. The second-order valence-electron chi connectivity index (χ2n) is 7.02. The lowest BCUT2D eigenvalue weighted by atomic mass is 10.00. The number of amides is 1. The van der Waals surface area contributed by atoms with Gasteiger partial charge in [0.1, 0.15) is 5.69 Å². The number of piperidine rings is 1. The number of anilines is 1. The Labute approximate surface area is 139 Å². The summed E-state index contributed by atoms with van der Waals surface area (Å²) in [6.07, 6.45) is 5.53. The van der Waals surface area contributed by atoms with Gasteiger partial charge >= 0.3 is 0 Å². The first kappa shape index (κ1) is 13.7. The highest BCUT2D eigenvalue weighted by molar-refractivity contribution is 7.17. The summed E-state index contributed by atoms with van der Waals surface area (Å²) in [6.45, 7) is 3.31. The molecule has 6 heteroatoms. The molecule has 5 rings (SSSR count). The average Bonchev–Trinajstić information content (AvgIpc) is 2.96. The van der Waals surface area contributed by atoms with Crippen molar-refractivity contribution >= 4 is 33.0 Å². The van der Waals surface area contributed by atoms with Crippen LogP contribution in [-0.4, -0.2) is 47.5 Å². The van der Waals surface area contributed by atoms with Crippen molar-refractivity contribution in [1.29, 1.82) is 0 Å². The highest BCUT2D eigenvalue weighted by Crippen LogP contribution is 2.34. The molecular formula is C17H20N4OS. The molecule has 1 aliphatic carbocycles. The number of hydrogen-bond donors (Lipinski definition) is 2. The molecule has 2 aliphatic heterocycles. The Kier molecular flexibility index (Phi) is 3.09. The van der Waals surface area contributed by atoms with E-state index in [-0.39, 0.29) is 5.91 Å². The van der Waals surface area contributed by atoms with Gasteiger partial charge in [-0.25, -0.2) is 4.98 Å². The van der Waals surface area contributed by atoms with Crippen molar-refractivity contribution in [2.75, 3.05) is 25.0 Å². The minimum atomic E-state index is -0.0331. The normalized spacial score (nSPS) is 29.1. The molecule has 120 valence electrons. The van der Waals surface area contributed by atoms with Gasteiger partial charge in [-0.2, -0.15) is 0 Å². The number of carbonyl (C=O) groups excluding carboxylic acids is 1. The van der Waals surface area contributed by atoms with Crippen molar-refractivity contribution in [1.82, 2.24) is 15.2 Å². The molecule has 3 fully saturated rings. The summed E-state index contributed by atoms with van der Waals surface area (Å²) < 4.78 is 1.13. The number of aromatic nitrogens is 1. The fourth-order valence-corrected chi connectivity index (χ4v) is 4.66. The highest BCUT2D eigenvalue weighted by Gasteiger charge is 2.38. The summed E-state index contributed by atoms with van der Waals surface area (Å²) in [5.74, 6) is 0.588. The fourth-order valence-electron chi connectivity index (χ4n) is 3.81. The van der Waals surface area contributed by atoms with Gasteiger partial charge in [0.25, 0.3) is 5.91 Å². The maximum Gasteiger partial charge on any atom is 0.270 e. The van der Waals surface area contributed by atoms with E-state index < -0.39 is 0 Å². The zero-order chi connectivity index (χ0) is 15.4. The molecule has 3 aliphatic rings. The Hall–Kier alpha value is -1.66. The zero-order valence-corrected chi connectivity index (χ0v) is 13.7. The van der Waals surface area contributed by atoms with E-state index in [1.54, 1.807) is 11.3 Å². The maximum absolute atomic E-state index is 12.6. The Bertz CT molecular complexity index is 769. The van der Waals surface area contributed by atoms with Crippen molar-refractivity contribution < 1.29 is 4.79 Å². The Morgan fingerprint density at radius 2 is 2.22 bits per heavy atom. The summed E-state index contributed by atoms with van der Waals surface area (Å²) in [7, 11) is 0. The monoisotopic (exact) mass is 328 g/mol. The van der Waals surface area contributed by atoms with E-state index in [1.807, 2.05) is 12.3 Å². The molecule has 0 radical (unpaired) electrons. The SMILES string of the molecule is O=C(NC1CN2CCC1C2)c1cc2c(NC3CC3)csc2cn1. The molecule has 3 atom stereocenters. The maximum atomic E-state index is 12.6. The van der Waals surface area contributed by atoms with Crippen molar-refractivity contribution in [2.45, 2.75) is 31.3 Å². The molecule has 2 aromatic rings. The first-order valence-corrected chi connectivity index (χ1v) is 9.31. The molecule has 1 amide bonds. The molecule has 0 aromatic carbocycles. The molecule has 2 N–H and O–H groups in total. The second kappa shape index (κ2) is 5.18. The lowest BCUT2D eigenvalue weighted by Gasteiger charge is -2.22. The third-order valence-electron chi connectivity index (χ3n) is 5.28. The van der Waals surface area contributed by atoms with Crippen LogP contribution >= 0.6 is 11.3 Å². The molecule has 0 spiro atoms. The quantitative estimate of drug-likeness (QED) is 0.904. The van der Waals surface area contributed by atoms with Gasteiger partial charge in [0.15, 0.2) is 0 Å². The van der Waals surface area contributed by atoms with E-state index in [2.05, 4.69) is 25.9 Å². The van der Waals surface area contributed by atoms with Gasteiger partial charge in [0.05, 0.1) is 10.4 Å². The van der Waals surface area contributed by atoms with Crippen LogP contribution in [0.2, 0.25) is 0 Å². The number of nitrogens with zero attached hydrogens (tertiary/aromatic N) is 2. The molecule has 2 aromatic heterocycles. The molecule has 3 unspecified atom stereocenters. The van der Waals surface area contributed by atoms with E-state index in [9.17, 15) is 4.79 Å². The molecular weight excluding hydrogens is 308 g/mol. The number of pyridine rings is 1. The Morgan fingerprint density at radius 1 is 1.30 bits per heavy atom. The standard InChI is InChI=1S/C17H20N4OS/c22-17(20-14-8-21-4-3-10(14)7-21)13-5-12-15(19-11-1-2-11)9-23-16(12)6-18-13/h5-6,9-11,14,19H,1-4,7-8H2,(H,20,22). The first-order valence-electron chi connectivity index (χ1n) is 8.43. The minimum absolute atomic E-state index is 0.0331. The second-order valence-corrected chi connectivity index (χ2v) is 7.93.